The average Bonchev–Trinajstić information content (AvgIpc) is 2.84. The summed E-state index contributed by atoms with van der Waals surface area (Å²) in [5, 5.41) is 3.23. The first-order valence-corrected chi connectivity index (χ1v) is 5.75. The molecule has 1 unspecified atom stereocenters. The topological polar surface area (TPSA) is 29.9 Å². The third kappa shape index (κ3) is 2.56. The van der Waals surface area contributed by atoms with E-state index in [0.717, 1.165) is 12.5 Å². The van der Waals surface area contributed by atoms with Crippen LogP contribution in [0.1, 0.15) is 18.5 Å². The van der Waals surface area contributed by atoms with Crippen LogP contribution in [0.2, 0.25) is 0 Å². The fourth-order valence-electron chi connectivity index (χ4n) is 1.82. The van der Waals surface area contributed by atoms with Crippen molar-refractivity contribution in [1.82, 2.24) is 9.55 Å². The summed E-state index contributed by atoms with van der Waals surface area (Å²) in [5.41, 5.74) is 1.27. The number of hydrogen-bond acceptors (Lipinski definition) is 2. The summed E-state index contributed by atoms with van der Waals surface area (Å²) >= 11 is 0. The van der Waals surface area contributed by atoms with Crippen LogP contribution in [0.25, 0.3) is 0 Å². The van der Waals surface area contributed by atoms with Gasteiger partial charge in [0.1, 0.15) is 0 Å². The number of anilines is 1. The third-order valence-corrected chi connectivity index (χ3v) is 2.77. The van der Waals surface area contributed by atoms with Crippen molar-refractivity contribution in [2.45, 2.75) is 13.0 Å². The lowest BCUT2D eigenvalue weighted by atomic mass is 10.1. The second-order valence-corrected chi connectivity index (χ2v) is 3.91. The van der Waals surface area contributed by atoms with Gasteiger partial charge in [0, 0.05) is 18.9 Å². The predicted octanol–water partition coefficient (Wildman–Crippen LogP) is 3.09. The van der Waals surface area contributed by atoms with E-state index in [4.69, 9.17) is 0 Å². The van der Waals surface area contributed by atoms with Crippen molar-refractivity contribution >= 4 is 5.95 Å². The maximum Gasteiger partial charge on any atom is 0.203 e. The Labute approximate surface area is 102 Å². The number of benzene rings is 1. The molecule has 3 nitrogen and oxygen atoms in total. The minimum atomic E-state index is 0.269. The Kier molecular flexibility index (Phi) is 3.60. The molecular weight excluding hydrogens is 210 g/mol. The van der Waals surface area contributed by atoms with E-state index in [2.05, 4.69) is 52.6 Å². The van der Waals surface area contributed by atoms with E-state index >= 15 is 0 Å². The minimum absolute atomic E-state index is 0.269. The molecule has 0 aliphatic rings. The molecule has 0 aliphatic carbocycles. The molecule has 2 aromatic rings. The Bertz CT molecular complexity index is 473. The first-order chi connectivity index (χ1) is 8.33. The molecule has 88 valence electrons. The van der Waals surface area contributed by atoms with E-state index in [1.807, 2.05) is 24.5 Å². The van der Waals surface area contributed by atoms with Gasteiger partial charge in [-0.2, -0.15) is 0 Å². The van der Waals surface area contributed by atoms with Crippen LogP contribution in [0, 0.1) is 0 Å². The third-order valence-electron chi connectivity index (χ3n) is 2.77. The van der Waals surface area contributed by atoms with Crippen LogP contribution in [-0.4, -0.2) is 16.1 Å². The summed E-state index contributed by atoms with van der Waals surface area (Å²) in [6.45, 7) is 6.58. The van der Waals surface area contributed by atoms with Gasteiger partial charge >= 0.3 is 0 Å². The van der Waals surface area contributed by atoms with E-state index in [-0.39, 0.29) is 6.04 Å². The van der Waals surface area contributed by atoms with Gasteiger partial charge in [-0.15, -0.1) is 6.58 Å². The Balaban J connectivity index is 2.22. The molecular formula is C14H17N3. The van der Waals surface area contributed by atoms with Crippen LogP contribution in [0.3, 0.4) is 0 Å². The molecule has 1 aromatic heterocycles. The average molecular weight is 227 g/mol. The van der Waals surface area contributed by atoms with E-state index in [0.29, 0.717) is 0 Å². The van der Waals surface area contributed by atoms with E-state index < -0.39 is 0 Å². The van der Waals surface area contributed by atoms with Gasteiger partial charge in [0.25, 0.3) is 0 Å². The highest BCUT2D eigenvalue weighted by atomic mass is 15.2. The van der Waals surface area contributed by atoms with Crippen LogP contribution < -0.4 is 5.32 Å². The summed E-state index contributed by atoms with van der Waals surface area (Å²) in [5.74, 6) is 0.876. The van der Waals surface area contributed by atoms with Gasteiger partial charge in [-0.1, -0.05) is 36.4 Å². The number of aromatic nitrogens is 2. The minimum Gasteiger partial charge on any atom is -0.352 e. The van der Waals surface area contributed by atoms with Crippen molar-refractivity contribution in [3.05, 3.63) is 60.9 Å². The van der Waals surface area contributed by atoms with Crippen molar-refractivity contribution in [2.75, 3.05) is 11.9 Å². The first kappa shape index (κ1) is 11.5. The molecule has 0 bridgehead atoms. The Morgan fingerprint density at radius 2 is 2.18 bits per heavy atom. The smallest absolute Gasteiger partial charge is 0.203 e. The van der Waals surface area contributed by atoms with Crippen molar-refractivity contribution in [2.24, 2.45) is 0 Å². The molecule has 0 aliphatic heterocycles. The van der Waals surface area contributed by atoms with Gasteiger partial charge in [0.05, 0.1) is 6.04 Å². The van der Waals surface area contributed by atoms with Crippen molar-refractivity contribution < 1.29 is 0 Å². The molecule has 3 heteroatoms. The van der Waals surface area contributed by atoms with E-state index in [1.165, 1.54) is 5.56 Å². The van der Waals surface area contributed by atoms with Crippen LogP contribution in [0.15, 0.2) is 55.4 Å². The normalized spacial score (nSPS) is 12.1. The molecule has 17 heavy (non-hydrogen) atoms. The SMILES string of the molecule is C=CCNc1nccn1C(C)c1ccccc1. The first-order valence-electron chi connectivity index (χ1n) is 5.75. The Hall–Kier alpha value is -2.03. The summed E-state index contributed by atoms with van der Waals surface area (Å²) in [7, 11) is 0. The van der Waals surface area contributed by atoms with Gasteiger partial charge < -0.3 is 9.88 Å². The molecule has 0 radical (unpaired) electrons. The molecule has 2 rings (SSSR count). The van der Waals surface area contributed by atoms with Gasteiger partial charge in [-0.3, -0.25) is 0 Å². The summed E-state index contributed by atoms with van der Waals surface area (Å²) in [6.07, 6.45) is 5.63. The van der Waals surface area contributed by atoms with Crippen LogP contribution in [-0.2, 0) is 0 Å². The Morgan fingerprint density at radius 3 is 2.88 bits per heavy atom. The fraction of sp³-hybridized carbons (Fsp3) is 0.214. The lowest BCUT2D eigenvalue weighted by molar-refractivity contribution is 0.645. The van der Waals surface area contributed by atoms with Gasteiger partial charge in [-0.25, -0.2) is 4.98 Å². The molecule has 0 saturated carbocycles. The second kappa shape index (κ2) is 5.34. The molecule has 1 atom stereocenters. The van der Waals surface area contributed by atoms with Crippen LogP contribution >= 0.6 is 0 Å². The van der Waals surface area contributed by atoms with Gasteiger partial charge in [0.2, 0.25) is 5.95 Å². The second-order valence-electron chi connectivity index (χ2n) is 3.91. The lowest BCUT2D eigenvalue weighted by Gasteiger charge is -2.17. The fourth-order valence-corrected chi connectivity index (χ4v) is 1.82. The predicted molar refractivity (Wildman–Crippen MR) is 71.2 cm³/mol. The highest BCUT2D eigenvalue weighted by Gasteiger charge is 2.10. The molecule has 1 aromatic carbocycles. The maximum atomic E-state index is 4.30. The zero-order valence-corrected chi connectivity index (χ0v) is 10.0. The quantitative estimate of drug-likeness (QED) is 0.795. The molecule has 0 spiro atoms. The summed E-state index contributed by atoms with van der Waals surface area (Å²) in [4.78, 5) is 4.30. The van der Waals surface area contributed by atoms with Crippen molar-refractivity contribution in [3.8, 4) is 0 Å². The highest BCUT2D eigenvalue weighted by molar-refractivity contribution is 5.31. The van der Waals surface area contributed by atoms with Crippen molar-refractivity contribution in [1.29, 1.82) is 0 Å². The van der Waals surface area contributed by atoms with E-state index in [1.54, 1.807) is 0 Å². The zero-order chi connectivity index (χ0) is 12.1. The number of rotatable bonds is 5. The number of imidazole rings is 1. The highest BCUT2D eigenvalue weighted by Crippen LogP contribution is 2.20. The number of nitrogens with zero attached hydrogens (tertiary/aromatic N) is 2. The Morgan fingerprint density at radius 1 is 1.41 bits per heavy atom. The molecule has 0 saturated heterocycles. The zero-order valence-electron chi connectivity index (χ0n) is 10.0. The number of nitrogens with one attached hydrogen (secondary N) is 1. The summed E-state index contributed by atoms with van der Waals surface area (Å²) < 4.78 is 2.12. The standard InChI is InChI=1S/C14H17N3/c1-3-9-15-14-16-10-11-17(14)12(2)13-7-5-4-6-8-13/h3-8,10-12H,1,9H2,2H3,(H,15,16). The molecule has 1 heterocycles. The molecule has 0 fully saturated rings. The lowest BCUT2D eigenvalue weighted by Crippen LogP contribution is -2.11. The monoisotopic (exact) mass is 227 g/mol. The van der Waals surface area contributed by atoms with E-state index in [9.17, 15) is 0 Å². The summed E-state index contributed by atoms with van der Waals surface area (Å²) in [6, 6.07) is 10.7. The largest absolute Gasteiger partial charge is 0.352 e. The van der Waals surface area contributed by atoms with Gasteiger partial charge in [0.15, 0.2) is 0 Å². The van der Waals surface area contributed by atoms with Crippen LogP contribution in [0.4, 0.5) is 5.95 Å². The van der Waals surface area contributed by atoms with Gasteiger partial charge in [-0.05, 0) is 12.5 Å². The molecule has 0 amide bonds. The maximum absolute atomic E-state index is 4.30. The van der Waals surface area contributed by atoms with Crippen molar-refractivity contribution in [3.63, 3.8) is 0 Å². The molecule has 1 N–H and O–H groups in total. The number of hydrogen-bond donors (Lipinski definition) is 1. The van der Waals surface area contributed by atoms with Crippen LogP contribution in [0.5, 0.6) is 0 Å².